The molecule has 1 aliphatic rings. The Morgan fingerprint density at radius 3 is 2.55 bits per heavy atom. The summed E-state index contributed by atoms with van der Waals surface area (Å²) >= 11 is 0. The van der Waals surface area contributed by atoms with Gasteiger partial charge in [0.2, 0.25) is 5.88 Å². The highest BCUT2D eigenvalue weighted by molar-refractivity contribution is 5.87. The van der Waals surface area contributed by atoms with E-state index in [1.54, 1.807) is 24.4 Å². The van der Waals surface area contributed by atoms with Crippen molar-refractivity contribution in [2.45, 2.75) is 19.4 Å². The Hall–Kier alpha value is -3.48. The zero-order chi connectivity index (χ0) is 20.2. The largest absolute Gasteiger partial charge is 0.487 e. The number of halogens is 1. The van der Waals surface area contributed by atoms with Crippen LogP contribution < -0.4 is 9.47 Å². The molecule has 6 nitrogen and oxygen atoms in total. The first-order chi connectivity index (χ1) is 14.1. The van der Waals surface area contributed by atoms with Gasteiger partial charge in [-0.15, -0.1) is 0 Å². The number of hydrogen-bond donors (Lipinski definition) is 1. The van der Waals surface area contributed by atoms with Crippen molar-refractivity contribution in [1.29, 1.82) is 0 Å². The van der Waals surface area contributed by atoms with E-state index >= 15 is 0 Å². The second-order valence-electron chi connectivity index (χ2n) is 6.95. The number of hydrogen-bond acceptors (Lipinski definition) is 5. The summed E-state index contributed by atoms with van der Waals surface area (Å²) in [6.07, 6.45) is 5.33. The molecule has 4 rings (SSSR count). The second kappa shape index (κ2) is 8.26. The van der Waals surface area contributed by atoms with Crippen LogP contribution in [0.25, 0.3) is 11.1 Å². The number of pyridine rings is 2. The Kier molecular flexibility index (Phi) is 5.37. The van der Waals surface area contributed by atoms with Crippen molar-refractivity contribution in [3.05, 3.63) is 71.9 Å². The summed E-state index contributed by atoms with van der Waals surface area (Å²) in [7, 11) is 0. The van der Waals surface area contributed by atoms with Crippen LogP contribution in [0, 0.1) is 11.7 Å². The maximum absolute atomic E-state index is 14.1. The molecular formula is C22H19FN2O4. The van der Waals surface area contributed by atoms with Crippen LogP contribution in [0.3, 0.4) is 0 Å². The summed E-state index contributed by atoms with van der Waals surface area (Å²) in [4.78, 5) is 19.2. The molecule has 0 atom stereocenters. The Morgan fingerprint density at radius 2 is 1.90 bits per heavy atom. The number of carboxylic acid groups (broad SMARTS) is 1. The zero-order valence-corrected chi connectivity index (χ0v) is 15.5. The van der Waals surface area contributed by atoms with E-state index in [1.807, 2.05) is 6.07 Å². The van der Waals surface area contributed by atoms with E-state index < -0.39 is 11.8 Å². The second-order valence-corrected chi connectivity index (χ2v) is 6.95. The average Bonchev–Trinajstić information content (AvgIpc) is 3.55. The summed E-state index contributed by atoms with van der Waals surface area (Å²) in [5.41, 5.74) is 2.02. The van der Waals surface area contributed by atoms with E-state index in [1.165, 1.54) is 37.2 Å². The lowest BCUT2D eigenvalue weighted by Crippen LogP contribution is -2.02. The minimum atomic E-state index is -1.04. The third-order valence-corrected chi connectivity index (χ3v) is 4.56. The minimum absolute atomic E-state index is 0.0922. The number of carboxylic acids is 1. The van der Waals surface area contributed by atoms with Crippen LogP contribution in [-0.4, -0.2) is 27.7 Å². The molecule has 0 unspecified atom stereocenters. The van der Waals surface area contributed by atoms with Crippen LogP contribution in [0.1, 0.15) is 28.9 Å². The fraction of sp³-hybridized carbons (Fsp3) is 0.227. The molecule has 0 spiro atoms. The smallest absolute Gasteiger partial charge is 0.337 e. The first-order valence-electron chi connectivity index (χ1n) is 9.27. The van der Waals surface area contributed by atoms with Crippen molar-refractivity contribution in [3.8, 4) is 22.8 Å². The number of benzene rings is 1. The lowest BCUT2D eigenvalue weighted by atomic mass is 10.1. The Morgan fingerprint density at radius 1 is 1.03 bits per heavy atom. The zero-order valence-electron chi connectivity index (χ0n) is 15.5. The number of nitrogens with zero attached hydrogens (tertiary/aromatic N) is 2. The molecule has 0 aliphatic heterocycles. The van der Waals surface area contributed by atoms with Crippen molar-refractivity contribution in [2.24, 2.45) is 5.92 Å². The number of carbonyl (C=O) groups is 1. The van der Waals surface area contributed by atoms with Crippen LogP contribution in [-0.2, 0) is 6.61 Å². The number of aromatic nitrogens is 2. The fourth-order valence-electron chi connectivity index (χ4n) is 2.73. The Labute approximate surface area is 167 Å². The van der Waals surface area contributed by atoms with E-state index in [2.05, 4.69) is 9.97 Å². The normalized spacial score (nSPS) is 13.1. The highest BCUT2D eigenvalue weighted by Crippen LogP contribution is 2.30. The van der Waals surface area contributed by atoms with Gasteiger partial charge in [0.15, 0.2) is 0 Å². The van der Waals surface area contributed by atoms with Crippen LogP contribution >= 0.6 is 0 Å². The number of aromatic carboxylic acids is 1. The van der Waals surface area contributed by atoms with Crippen molar-refractivity contribution in [1.82, 2.24) is 9.97 Å². The lowest BCUT2D eigenvalue weighted by Gasteiger charge is -2.10. The third-order valence-electron chi connectivity index (χ3n) is 4.56. The highest BCUT2D eigenvalue weighted by Gasteiger charge is 2.22. The maximum Gasteiger partial charge on any atom is 0.337 e. The van der Waals surface area contributed by atoms with E-state index in [0.29, 0.717) is 35.4 Å². The lowest BCUT2D eigenvalue weighted by molar-refractivity contribution is 0.0696. The molecule has 1 aliphatic carbocycles. The monoisotopic (exact) mass is 394 g/mol. The minimum Gasteiger partial charge on any atom is -0.487 e. The molecule has 1 aromatic carbocycles. The van der Waals surface area contributed by atoms with Gasteiger partial charge in [0.25, 0.3) is 0 Å². The van der Waals surface area contributed by atoms with Crippen LogP contribution in [0.15, 0.2) is 54.9 Å². The third kappa shape index (κ3) is 5.07. The van der Waals surface area contributed by atoms with Gasteiger partial charge in [-0.3, -0.25) is 4.98 Å². The van der Waals surface area contributed by atoms with Crippen molar-refractivity contribution < 1.29 is 23.8 Å². The average molecular weight is 394 g/mol. The van der Waals surface area contributed by atoms with Gasteiger partial charge < -0.3 is 14.6 Å². The van der Waals surface area contributed by atoms with E-state index in [-0.39, 0.29) is 12.2 Å². The molecule has 2 heterocycles. The van der Waals surface area contributed by atoms with Gasteiger partial charge in [0.1, 0.15) is 18.2 Å². The summed E-state index contributed by atoms with van der Waals surface area (Å²) in [5, 5.41) is 8.90. The molecule has 0 amide bonds. The van der Waals surface area contributed by atoms with Crippen molar-refractivity contribution in [3.63, 3.8) is 0 Å². The van der Waals surface area contributed by atoms with Crippen molar-refractivity contribution >= 4 is 5.97 Å². The number of rotatable bonds is 8. The molecule has 29 heavy (non-hydrogen) atoms. The van der Waals surface area contributed by atoms with E-state index in [9.17, 15) is 9.18 Å². The van der Waals surface area contributed by atoms with Gasteiger partial charge in [-0.05, 0) is 54.7 Å². The summed E-state index contributed by atoms with van der Waals surface area (Å²) < 4.78 is 25.3. The molecule has 2 aromatic heterocycles. The summed E-state index contributed by atoms with van der Waals surface area (Å²) in [6.45, 7) is 0.779. The van der Waals surface area contributed by atoms with E-state index in [0.717, 1.165) is 5.56 Å². The molecule has 1 N–H and O–H groups in total. The molecular weight excluding hydrogens is 375 g/mol. The Bertz CT molecular complexity index is 1000. The quantitative estimate of drug-likeness (QED) is 0.612. The van der Waals surface area contributed by atoms with Crippen LogP contribution in [0.2, 0.25) is 0 Å². The molecule has 3 aromatic rings. The van der Waals surface area contributed by atoms with Gasteiger partial charge in [-0.2, -0.15) is 0 Å². The molecule has 0 bridgehead atoms. The molecule has 0 radical (unpaired) electrons. The first-order valence-corrected chi connectivity index (χ1v) is 9.27. The predicted octanol–water partition coefficient (Wildman–Crippen LogP) is 4.35. The SMILES string of the molecule is O=C(O)c1ccc(COc2cc(F)cc(-c3ccc(OCC4CC4)nc3)c2)nc1. The van der Waals surface area contributed by atoms with Gasteiger partial charge in [-0.1, -0.05) is 0 Å². The summed E-state index contributed by atoms with van der Waals surface area (Å²) in [5.74, 6) is 0.0786. The molecule has 1 fully saturated rings. The van der Waals surface area contributed by atoms with Gasteiger partial charge >= 0.3 is 5.97 Å². The topological polar surface area (TPSA) is 81.5 Å². The molecule has 148 valence electrons. The number of ether oxygens (including phenoxy) is 2. The van der Waals surface area contributed by atoms with Gasteiger partial charge in [0, 0.05) is 30.1 Å². The Balaban J connectivity index is 1.43. The van der Waals surface area contributed by atoms with Gasteiger partial charge in [-0.25, -0.2) is 14.2 Å². The van der Waals surface area contributed by atoms with Crippen LogP contribution in [0.5, 0.6) is 11.6 Å². The molecule has 7 heteroatoms. The fourth-order valence-corrected chi connectivity index (χ4v) is 2.73. The van der Waals surface area contributed by atoms with Crippen molar-refractivity contribution in [2.75, 3.05) is 6.61 Å². The van der Waals surface area contributed by atoms with Gasteiger partial charge in [0.05, 0.1) is 17.9 Å². The molecule has 1 saturated carbocycles. The molecule has 0 saturated heterocycles. The standard InChI is InChI=1S/C22H19FN2O4/c23-18-7-17(15-4-6-21(25-10-15)29-12-14-1-2-14)8-20(9-18)28-13-19-5-3-16(11-24-19)22(26)27/h3-11,14H,1-2,12-13H2,(H,26,27). The first kappa shape index (κ1) is 18.9. The van der Waals surface area contributed by atoms with E-state index in [4.69, 9.17) is 14.6 Å². The highest BCUT2D eigenvalue weighted by atomic mass is 19.1. The summed E-state index contributed by atoms with van der Waals surface area (Å²) in [6, 6.07) is 11.0. The maximum atomic E-state index is 14.1. The predicted molar refractivity (Wildman–Crippen MR) is 103 cm³/mol. The van der Waals surface area contributed by atoms with Crippen LogP contribution in [0.4, 0.5) is 4.39 Å².